The zero-order valence-corrected chi connectivity index (χ0v) is 10.1. The number of ether oxygens (including phenoxy) is 1. The Bertz CT molecular complexity index is 97.8. The van der Waals surface area contributed by atoms with E-state index in [9.17, 15) is 0 Å². The second-order valence-corrected chi connectivity index (χ2v) is 3.94. The number of nitrogens with one attached hydrogen (secondary N) is 1. The number of aliphatic hydroxyl groups excluding tert-OH is 1. The fourth-order valence-corrected chi connectivity index (χ4v) is 1.54. The number of hydrogen-bond donors (Lipinski definition) is 2. The summed E-state index contributed by atoms with van der Waals surface area (Å²) in [5.74, 6) is 0. The largest absolute Gasteiger partial charge is 0.396 e. The summed E-state index contributed by atoms with van der Waals surface area (Å²) in [6.07, 6.45) is 8.40. The molecule has 0 saturated heterocycles. The molecular formula is C12H27NO2. The highest BCUT2D eigenvalue weighted by Crippen LogP contribution is 2.04. The molecule has 3 heteroatoms. The van der Waals surface area contributed by atoms with Crippen molar-refractivity contribution in [2.24, 2.45) is 0 Å². The molecule has 0 rings (SSSR count). The Hall–Kier alpha value is -0.120. The minimum atomic E-state index is 0.348. The van der Waals surface area contributed by atoms with Gasteiger partial charge in [0.1, 0.15) is 0 Å². The molecule has 0 aliphatic carbocycles. The average molecular weight is 217 g/mol. The van der Waals surface area contributed by atoms with E-state index in [0.29, 0.717) is 6.61 Å². The van der Waals surface area contributed by atoms with Crippen molar-refractivity contribution in [3.05, 3.63) is 0 Å². The SMILES string of the molecule is COCCCNCCCCCCCCO. The van der Waals surface area contributed by atoms with Crippen LogP contribution in [0.2, 0.25) is 0 Å². The van der Waals surface area contributed by atoms with E-state index in [4.69, 9.17) is 9.84 Å². The number of hydrogen-bond acceptors (Lipinski definition) is 3. The van der Waals surface area contributed by atoms with Crippen LogP contribution in [-0.4, -0.2) is 38.5 Å². The first-order chi connectivity index (χ1) is 7.41. The third-order valence-electron chi connectivity index (χ3n) is 2.46. The van der Waals surface area contributed by atoms with Crippen molar-refractivity contribution in [3.8, 4) is 0 Å². The molecule has 0 amide bonds. The summed E-state index contributed by atoms with van der Waals surface area (Å²) >= 11 is 0. The average Bonchev–Trinajstić information content (AvgIpc) is 2.26. The summed E-state index contributed by atoms with van der Waals surface area (Å²) in [6.45, 7) is 3.40. The van der Waals surface area contributed by atoms with Crippen LogP contribution in [0.1, 0.15) is 44.9 Å². The van der Waals surface area contributed by atoms with E-state index in [2.05, 4.69) is 5.32 Å². The molecular weight excluding hydrogens is 190 g/mol. The van der Waals surface area contributed by atoms with Crippen molar-refractivity contribution in [1.82, 2.24) is 5.32 Å². The zero-order valence-electron chi connectivity index (χ0n) is 10.1. The number of rotatable bonds is 12. The molecule has 0 unspecified atom stereocenters. The number of methoxy groups -OCH3 is 1. The molecule has 0 heterocycles. The van der Waals surface area contributed by atoms with Gasteiger partial charge in [-0.15, -0.1) is 0 Å². The lowest BCUT2D eigenvalue weighted by molar-refractivity contribution is 0.194. The number of aliphatic hydroxyl groups is 1. The first-order valence-corrected chi connectivity index (χ1v) is 6.22. The fraction of sp³-hybridized carbons (Fsp3) is 1.00. The summed E-state index contributed by atoms with van der Waals surface area (Å²) in [6, 6.07) is 0. The van der Waals surface area contributed by atoms with Crippen molar-refractivity contribution in [3.63, 3.8) is 0 Å². The minimum absolute atomic E-state index is 0.348. The maximum Gasteiger partial charge on any atom is 0.0474 e. The molecule has 15 heavy (non-hydrogen) atoms. The van der Waals surface area contributed by atoms with Crippen LogP contribution in [0.15, 0.2) is 0 Å². The van der Waals surface area contributed by atoms with Gasteiger partial charge in [0.2, 0.25) is 0 Å². The van der Waals surface area contributed by atoms with Gasteiger partial charge in [0, 0.05) is 20.3 Å². The molecule has 0 radical (unpaired) electrons. The molecule has 92 valence electrons. The predicted octanol–water partition coefficient (Wildman–Crippen LogP) is 1.95. The van der Waals surface area contributed by atoms with Crippen LogP contribution >= 0.6 is 0 Å². The molecule has 0 bridgehead atoms. The predicted molar refractivity (Wildman–Crippen MR) is 64.2 cm³/mol. The van der Waals surface area contributed by atoms with Crippen LogP contribution in [0, 0.1) is 0 Å². The quantitative estimate of drug-likeness (QED) is 0.491. The normalized spacial score (nSPS) is 10.8. The van der Waals surface area contributed by atoms with Crippen molar-refractivity contribution in [1.29, 1.82) is 0 Å². The minimum Gasteiger partial charge on any atom is -0.396 e. The Balaban J connectivity index is 2.81. The van der Waals surface area contributed by atoms with Gasteiger partial charge < -0.3 is 15.2 Å². The van der Waals surface area contributed by atoms with Gasteiger partial charge >= 0.3 is 0 Å². The highest BCUT2D eigenvalue weighted by Gasteiger charge is 1.91. The first-order valence-electron chi connectivity index (χ1n) is 6.22. The van der Waals surface area contributed by atoms with E-state index in [-0.39, 0.29) is 0 Å². The highest BCUT2D eigenvalue weighted by molar-refractivity contribution is 4.50. The number of unbranched alkanes of at least 4 members (excludes halogenated alkanes) is 5. The van der Waals surface area contributed by atoms with Crippen LogP contribution in [0.3, 0.4) is 0 Å². The Labute approximate surface area is 94.2 Å². The van der Waals surface area contributed by atoms with Gasteiger partial charge in [-0.1, -0.05) is 25.7 Å². The van der Waals surface area contributed by atoms with Crippen LogP contribution in [0.4, 0.5) is 0 Å². The van der Waals surface area contributed by atoms with Gasteiger partial charge in [-0.25, -0.2) is 0 Å². The lowest BCUT2D eigenvalue weighted by Crippen LogP contribution is -2.17. The first kappa shape index (κ1) is 14.9. The molecule has 0 aromatic heterocycles. The maximum absolute atomic E-state index is 8.59. The van der Waals surface area contributed by atoms with Gasteiger partial charge in [0.05, 0.1) is 0 Å². The van der Waals surface area contributed by atoms with Gasteiger partial charge in [0.15, 0.2) is 0 Å². The van der Waals surface area contributed by atoms with E-state index in [0.717, 1.165) is 32.5 Å². The fourth-order valence-electron chi connectivity index (χ4n) is 1.54. The van der Waals surface area contributed by atoms with Crippen LogP contribution in [0.25, 0.3) is 0 Å². The molecule has 0 aliphatic rings. The standard InChI is InChI=1S/C12H27NO2/c1-15-12-8-10-13-9-6-4-2-3-5-7-11-14/h13-14H,2-12H2,1H3. The zero-order chi connectivity index (χ0) is 11.2. The molecule has 0 saturated carbocycles. The van der Waals surface area contributed by atoms with Crippen molar-refractivity contribution in [2.75, 3.05) is 33.4 Å². The molecule has 0 aromatic carbocycles. The molecule has 2 N–H and O–H groups in total. The van der Waals surface area contributed by atoms with Gasteiger partial charge in [-0.3, -0.25) is 0 Å². The van der Waals surface area contributed by atoms with Crippen molar-refractivity contribution >= 4 is 0 Å². The summed E-state index contributed by atoms with van der Waals surface area (Å²) in [5, 5.41) is 12.0. The van der Waals surface area contributed by atoms with Crippen LogP contribution < -0.4 is 5.32 Å². The molecule has 0 spiro atoms. The van der Waals surface area contributed by atoms with E-state index >= 15 is 0 Å². The van der Waals surface area contributed by atoms with Crippen molar-refractivity contribution in [2.45, 2.75) is 44.9 Å². The lowest BCUT2D eigenvalue weighted by atomic mass is 10.1. The molecule has 0 fully saturated rings. The Morgan fingerprint density at radius 3 is 2.13 bits per heavy atom. The molecule has 0 aliphatic heterocycles. The van der Waals surface area contributed by atoms with E-state index in [1.54, 1.807) is 7.11 Å². The summed E-state index contributed by atoms with van der Waals surface area (Å²) in [5.41, 5.74) is 0. The second-order valence-electron chi connectivity index (χ2n) is 3.94. The van der Waals surface area contributed by atoms with E-state index < -0.39 is 0 Å². The Morgan fingerprint density at radius 1 is 0.867 bits per heavy atom. The highest BCUT2D eigenvalue weighted by atomic mass is 16.5. The van der Waals surface area contributed by atoms with Gasteiger partial charge in [-0.05, 0) is 32.4 Å². The summed E-state index contributed by atoms with van der Waals surface area (Å²) in [4.78, 5) is 0. The molecule has 0 aromatic rings. The topological polar surface area (TPSA) is 41.5 Å². The molecule has 3 nitrogen and oxygen atoms in total. The molecule has 0 atom stereocenters. The lowest BCUT2D eigenvalue weighted by Gasteiger charge is -2.04. The third kappa shape index (κ3) is 13.9. The van der Waals surface area contributed by atoms with Crippen molar-refractivity contribution < 1.29 is 9.84 Å². The van der Waals surface area contributed by atoms with Crippen LogP contribution in [0.5, 0.6) is 0 Å². The monoisotopic (exact) mass is 217 g/mol. The third-order valence-corrected chi connectivity index (χ3v) is 2.46. The van der Waals surface area contributed by atoms with Crippen LogP contribution in [-0.2, 0) is 4.74 Å². The summed E-state index contributed by atoms with van der Waals surface area (Å²) < 4.78 is 4.96. The van der Waals surface area contributed by atoms with E-state index in [1.807, 2.05) is 0 Å². The summed E-state index contributed by atoms with van der Waals surface area (Å²) in [7, 11) is 1.74. The second kappa shape index (κ2) is 13.9. The Kier molecular flexibility index (Phi) is 13.8. The van der Waals surface area contributed by atoms with Gasteiger partial charge in [-0.2, -0.15) is 0 Å². The maximum atomic E-state index is 8.59. The Morgan fingerprint density at radius 2 is 1.47 bits per heavy atom. The van der Waals surface area contributed by atoms with E-state index in [1.165, 1.54) is 32.1 Å². The van der Waals surface area contributed by atoms with Gasteiger partial charge in [0.25, 0.3) is 0 Å². The smallest absolute Gasteiger partial charge is 0.0474 e.